The Morgan fingerprint density at radius 1 is 1.31 bits per heavy atom. The Hall–Kier alpha value is -2.31. The molecule has 0 aliphatic carbocycles. The second-order valence-corrected chi connectivity index (χ2v) is 6.07. The Morgan fingerprint density at radius 2 is 2.15 bits per heavy atom. The first-order valence-corrected chi connectivity index (χ1v) is 8.94. The molecule has 1 atom stereocenters. The summed E-state index contributed by atoms with van der Waals surface area (Å²) < 4.78 is 5.19. The van der Waals surface area contributed by atoms with E-state index in [1.165, 1.54) is 0 Å². The Bertz CT molecular complexity index is 707. The Morgan fingerprint density at radius 3 is 2.85 bits per heavy atom. The van der Waals surface area contributed by atoms with Crippen LogP contribution in [0.5, 0.6) is 5.75 Å². The fourth-order valence-electron chi connectivity index (χ4n) is 2.35. The number of guanidine groups is 1. The van der Waals surface area contributed by atoms with Gasteiger partial charge in [-0.2, -0.15) is 0 Å². The van der Waals surface area contributed by atoms with Crippen LogP contribution in [0, 0.1) is 0 Å². The molecule has 1 unspecified atom stereocenters. The van der Waals surface area contributed by atoms with Crippen LogP contribution in [0.3, 0.4) is 0 Å². The number of nitrogens with one attached hydrogen (secondary N) is 2. The molecule has 0 radical (unpaired) electrons. The van der Waals surface area contributed by atoms with Crippen molar-refractivity contribution in [2.45, 2.75) is 19.4 Å². The van der Waals surface area contributed by atoms with E-state index in [2.05, 4.69) is 20.6 Å². The van der Waals surface area contributed by atoms with Crippen molar-refractivity contribution in [2.24, 2.45) is 4.99 Å². The number of halogens is 1. The lowest BCUT2D eigenvalue weighted by atomic mass is 10.1. The van der Waals surface area contributed by atoms with Crippen molar-refractivity contribution in [2.75, 3.05) is 26.7 Å². The van der Waals surface area contributed by atoms with Crippen molar-refractivity contribution in [1.82, 2.24) is 15.6 Å². The van der Waals surface area contributed by atoms with Crippen LogP contribution in [0.1, 0.15) is 24.2 Å². The van der Waals surface area contributed by atoms with Crippen LogP contribution in [0.15, 0.2) is 47.6 Å². The molecule has 0 saturated carbocycles. The highest BCUT2D eigenvalue weighted by atomic mass is 35.5. The predicted octanol–water partition coefficient (Wildman–Crippen LogP) is 2.57. The second-order valence-electron chi connectivity index (χ2n) is 5.68. The van der Waals surface area contributed by atoms with Crippen molar-refractivity contribution in [3.63, 3.8) is 0 Å². The van der Waals surface area contributed by atoms with Gasteiger partial charge >= 0.3 is 0 Å². The van der Waals surface area contributed by atoms with Gasteiger partial charge in [0.1, 0.15) is 10.9 Å². The number of aliphatic hydroxyl groups excluding tert-OH is 1. The van der Waals surface area contributed by atoms with Crippen LogP contribution in [0.25, 0.3) is 0 Å². The van der Waals surface area contributed by atoms with E-state index in [9.17, 15) is 5.11 Å². The summed E-state index contributed by atoms with van der Waals surface area (Å²) in [5.41, 5.74) is 1.87. The smallest absolute Gasteiger partial charge is 0.191 e. The molecular formula is C19H25ClN4O2. The summed E-state index contributed by atoms with van der Waals surface area (Å²) in [7, 11) is 1.60. The molecule has 1 heterocycles. The highest BCUT2D eigenvalue weighted by Gasteiger charge is 2.08. The van der Waals surface area contributed by atoms with E-state index in [0.717, 1.165) is 24.1 Å². The summed E-state index contributed by atoms with van der Waals surface area (Å²) in [4.78, 5) is 8.53. The first-order chi connectivity index (χ1) is 12.6. The molecule has 1 aromatic heterocycles. The predicted molar refractivity (Wildman–Crippen MR) is 105 cm³/mol. The molecule has 6 nitrogen and oxygen atoms in total. The molecule has 3 N–H and O–H groups in total. The van der Waals surface area contributed by atoms with Crippen LogP contribution in [-0.4, -0.2) is 42.8 Å². The molecule has 140 valence electrons. The fraction of sp³-hybridized carbons (Fsp3) is 0.368. The summed E-state index contributed by atoms with van der Waals surface area (Å²) in [6.07, 6.45) is 1.87. The van der Waals surface area contributed by atoms with E-state index in [0.29, 0.717) is 23.4 Å². The first kappa shape index (κ1) is 20.0. The van der Waals surface area contributed by atoms with Crippen molar-refractivity contribution < 1.29 is 9.84 Å². The lowest BCUT2D eigenvalue weighted by Gasteiger charge is -2.14. The summed E-state index contributed by atoms with van der Waals surface area (Å²) in [5, 5.41) is 17.3. The number of pyridine rings is 1. The van der Waals surface area contributed by atoms with Gasteiger partial charge in [-0.05, 0) is 42.7 Å². The number of hydrogen-bond donors (Lipinski definition) is 3. The zero-order valence-corrected chi connectivity index (χ0v) is 15.8. The van der Waals surface area contributed by atoms with Gasteiger partial charge in [-0.1, -0.05) is 29.8 Å². The van der Waals surface area contributed by atoms with Crippen molar-refractivity contribution in [1.29, 1.82) is 0 Å². The van der Waals surface area contributed by atoms with Crippen LogP contribution < -0.4 is 15.4 Å². The molecule has 0 aliphatic rings. The third kappa shape index (κ3) is 6.54. The van der Waals surface area contributed by atoms with Crippen molar-refractivity contribution in [3.05, 3.63) is 58.9 Å². The molecule has 26 heavy (non-hydrogen) atoms. The van der Waals surface area contributed by atoms with Gasteiger partial charge in [0, 0.05) is 19.3 Å². The molecule has 0 spiro atoms. The standard InChI is InChI=1S/C19H25ClN4O2/c1-3-21-19(22-10-9-14-7-8-18(20)23-12-14)24-13-17(25)15-5-4-6-16(11-15)26-2/h4-8,11-12,17,25H,3,9-10,13H2,1-2H3,(H2,21,22,24). The number of aromatic nitrogens is 1. The molecular weight excluding hydrogens is 352 g/mol. The monoisotopic (exact) mass is 376 g/mol. The highest BCUT2D eigenvalue weighted by molar-refractivity contribution is 6.29. The molecule has 0 amide bonds. The molecule has 7 heteroatoms. The van der Waals surface area contributed by atoms with Gasteiger partial charge in [0.05, 0.1) is 19.8 Å². The van der Waals surface area contributed by atoms with Gasteiger partial charge in [0.25, 0.3) is 0 Å². The summed E-state index contributed by atoms with van der Waals surface area (Å²) in [5.74, 6) is 1.38. The maximum Gasteiger partial charge on any atom is 0.191 e. The minimum absolute atomic E-state index is 0.255. The summed E-state index contributed by atoms with van der Waals surface area (Å²) >= 11 is 5.79. The molecule has 1 aromatic carbocycles. The Kier molecular flexibility index (Phi) is 8.18. The number of ether oxygens (including phenoxy) is 1. The number of hydrogen-bond acceptors (Lipinski definition) is 4. The van der Waals surface area contributed by atoms with E-state index in [1.54, 1.807) is 19.4 Å². The molecule has 2 aromatic rings. The number of nitrogens with zero attached hydrogens (tertiary/aromatic N) is 2. The van der Waals surface area contributed by atoms with Crippen molar-refractivity contribution in [3.8, 4) is 5.75 Å². The van der Waals surface area contributed by atoms with Crippen LogP contribution >= 0.6 is 11.6 Å². The molecule has 2 rings (SSSR count). The molecule has 0 bridgehead atoms. The molecule has 0 saturated heterocycles. The van der Waals surface area contributed by atoms with Gasteiger partial charge in [-0.3, -0.25) is 4.99 Å². The third-order valence-electron chi connectivity index (χ3n) is 3.74. The normalized spacial score (nSPS) is 12.5. The SMILES string of the molecule is CCNC(=NCC(O)c1cccc(OC)c1)NCCc1ccc(Cl)nc1. The molecule has 0 fully saturated rings. The van der Waals surface area contributed by atoms with Gasteiger partial charge in [0.15, 0.2) is 5.96 Å². The summed E-state index contributed by atoms with van der Waals surface area (Å²) in [6.45, 7) is 3.69. The Labute approximate surface area is 159 Å². The molecule has 0 aliphatic heterocycles. The average molecular weight is 377 g/mol. The first-order valence-electron chi connectivity index (χ1n) is 8.57. The van der Waals surface area contributed by atoms with Gasteiger partial charge in [-0.25, -0.2) is 4.98 Å². The lowest BCUT2D eigenvalue weighted by molar-refractivity contribution is 0.186. The van der Waals surface area contributed by atoms with E-state index in [1.807, 2.05) is 37.3 Å². The fourth-order valence-corrected chi connectivity index (χ4v) is 2.47. The van der Waals surface area contributed by atoms with Gasteiger partial charge in [-0.15, -0.1) is 0 Å². The third-order valence-corrected chi connectivity index (χ3v) is 3.96. The Balaban J connectivity index is 1.89. The van der Waals surface area contributed by atoms with E-state index < -0.39 is 6.10 Å². The van der Waals surface area contributed by atoms with Crippen LogP contribution in [0.4, 0.5) is 0 Å². The largest absolute Gasteiger partial charge is 0.497 e. The summed E-state index contributed by atoms with van der Waals surface area (Å²) in [6, 6.07) is 11.1. The zero-order chi connectivity index (χ0) is 18.8. The number of aliphatic hydroxyl groups is 1. The number of methoxy groups -OCH3 is 1. The number of aliphatic imine (C=N–C) groups is 1. The maximum absolute atomic E-state index is 10.3. The number of benzene rings is 1. The number of rotatable bonds is 8. The zero-order valence-electron chi connectivity index (χ0n) is 15.1. The maximum atomic E-state index is 10.3. The van der Waals surface area contributed by atoms with Gasteiger partial charge < -0.3 is 20.5 Å². The minimum Gasteiger partial charge on any atom is -0.497 e. The lowest BCUT2D eigenvalue weighted by Crippen LogP contribution is -2.38. The van der Waals surface area contributed by atoms with Crippen molar-refractivity contribution >= 4 is 17.6 Å². The van der Waals surface area contributed by atoms with Gasteiger partial charge in [0.2, 0.25) is 0 Å². The second kappa shape index (κ2) is 10.6. The van der Waals surface area contributed by atoms with E-state index >= 15 is 0 Å². The average Bonchev–Trinajstić information content (AvgIpc) is 2.67. The minimum atomic E-state index is -0.693. The van der Waals surface area contributed by atoms with E-state index in [4.69, 9.17) is 16.3 Å². The quantitative estimate of drug-likeness (QED) is 0.375. The highest BCUT2D eigenvalue weighted by Crippen LogP contribution is 2.19. The topological polar surface area (TPSA) is 78.8 Å². The van der Waals surface area contributed by atoms with E-state index in [-0.39, 0.29) is 6.54 Å². The van der Waals surface area contributed by atoms with Crippen LogP contribution in [0.2, 0.25) is 5.15 Å². The van der Waals surface area contributed by atoms with Crippen LogP contribution in [-0.2, 0) is 6.42 Å².